The van der Waals surface area contributed by atoms with E-state index in [1.165, 1.54) is 30.0 Å². The minimum absolute atomic E-state index is 0.0722. The van der Waals surface area contributed by atoms with Crippen LogP contribution >= 0.6 is 11.8 Å². The topological polar surface area (TPSA) is 116 Å². The number of phenols is 1. The minimum Gasteiger partial charge on any atom is -0.507 e. The fourth-order valence-electron chi connectivity index (χ4n) is 2.62. The first-order valence-electron chi connectivity index (χ1n) is 9.38. The fraction of sp³-hybridized carbons (Fsp3) is 0.318. The Labute approximate surface area is 179 Å². The lowest BCUT2D eigenvalue weighted by atomic mass is 9.92. The van der Waals surface area contributed by atoms with E-state index in [1.54, 1.807) is 25.1 Å². The maximum Gasteiger partial charge on any atom is 0.339 e. The number of thioether (sulfide) groups is 1. The Balaban J connectivity index is 2.01. The van der Waals surface area contributed by atoms with Gasteiger partial charge < -0.3 is 20.8 Å². The minimum atomic E-state index is -1.28. The number of hydrogen-bond donors (Lipinski definition) is 4. The zero-order valence-electron chi connectivity index (χ0n) is 17.4. The van der Waals surface area contributed by atoms with Gasteiger partial charge in [0.15, 0.2) is 0 Å². The Morgan fingerprint density at radius 2 is 1.70 bits per heavy atom. The molecule has 0 saturated carbocycles. The lowest BCUT2D eigenvalue weighted by Crippen LogP contribution is -2.22. The van der Waals surface area contributed by atoms with Gasteiger partial charge in [0.1, 0.15) is 11.3 Å². The number of carboxylic acids is 1. The first-order valence-corrected chi connectivity index (χ1v) is 10.3. The number of nitrogens with one attached hydrogen (secondary N) is 2. The van der Waals surface area contributed by atoms with Crippen LogP contribution in [0, 0.1) is 5.41 Å². The molecular weight excluding hydrogens is 404 g/mol. The summed E-state index contributed by atoms with van der Waals surface area (Å²) in [5, 5.41) is 23.7. The van der Waals surface area contributed by atoms with Gasteiger partial charge in [0.05, 0.1) is 5.25 Å². The molecule has 1 unspecified atom stereocenters. The molecule has 0 heterocycles. The Kier molecular flexibility index (Phi) is 7.50. The van der Waals surface area contributed by atoms with Crippen LogP contribution in [0.1, 0.15) is 44.5 Å². The summed E-state index contributed by atoms with van der Waals surface area (Å²) in [5.74, 6) is -2.04. The van der Waals surface area contributed by atoms with Crippen molar-refractivity contribution in [2.75, 3.05) is 10.6 Å². The van der Waals surface area contributed by atoms with Gasteiger partial charge in [-0.05, 0) is 48.7 Å². The number of anilines is 2. The van der Waals surface area contributed by atoms with Crippen LogP contribution in [0.25, 0.3) is 0 Å². The number of rotatable bonds is 7. The average Bonchev–Trinajstić information content (AvgIpc) is 2.61. The summed E-state index contributed by atoms with van der Waals surface area (Å²) in [6, 6.07) is 11.1. The molecule has 0 aromatic heterocycles. The van der Waals surface area contributed by atoms with Crippen molar-refractivity contribution in [2.24, 2.45) is 5.41 Å². The molecule has 1 atom stereocenters. The molecule has 7 nitrogen and oxygen atoms in total. The highest BCUT2D eigenvalue weighted by Gasteiger charge is 2.18. The number of carboxylic acid groups (broad SMARTS) is 1. The van der Waals surface area contributed by atoms with Crippen LogP contribution in [0.4, 0.5) is 11.4 Å². The average molecular weight is 431 g/mol. The molecule has 0 saturated heterocycles. The van der Waals surface area contributed by atoms with Gasteiger partial charge in [-0.3, -0.25) is 9.59 Å². The third-order valence-corrected chi connectivity index (χ3v) is 5.08. The first kappa shape index (κ1) is 23.3. The van der Waals surface area contributed by atoms with Crippen LogP contribution in [0.2, 0.25) is 0 Å². The van der Waals surface area contributed by atoms with Gasteiger partial charge in [-0.2, -0.15) is 0 Å². The van der Waals surface area contributed by atoms with Gasteiger partial charge in [0, 0.05) is 22.7 Å². The highest BCUT2D eigenvalue weighted by molar-refractivity contribution is 8.00. The molecule has 2 amide bonds. The second-order valence-corrected chi connectivity index (χ2v) is 9.51. The van der Waals surface area contributed by atoms with Crippen molar-refractivity contribution in [1.29, 1.82) is 0 Å². The zero-order chi connectivity index (χ0) is 22.5. The highest BCUT2D eigenvalue weighted by Crippen LogP contribution is 2.28. The molecule has 4 N–H and O–H groups in total. The number of aromatic carboxylic acids is 1. The summed E-state index contributed by atoms with van der Waals surface area (Å²) in [6.07, 6.45) is 0.397. The summed E-state index contributed by atoms with van der Waals surface area (Å²) in [6.45, 7) is 7.70. The standard InChI is InChI=1S/C22H26N2O5S/c1-13(20(27)24-15-8-9-18(25)17(11-15)21(28)29)30-16-7-5-6-14(10-16)23-19(26)12-22(2,3)4/h5-11,13,25H,12H2,1-4H3,(H,23,26)(H,24,27)(H,28,29). The molecule has 0 spiro atoms. The van der Waals surface area contributed by atoms with Crippen LogP contribution in [-0.2, 0) is 9.59 Å². The monoisotopic (exact) mass is 430 g/mol. The third kappa shape index (κ3) is 7.11. The Hall–Kier alpha value is -3.00. The van der Waals surface area contributed by atoms with Crippen molar-refractivity contribution in [2.45, 2.75) is 44.3 Å². The SMILES string of the molecule is CC(Sc1cccc(NC(=O)CC(C)(C)C)c1)C(=O)Nc1ccc(O)c(C(=O)O)c1. The van der Waals surface area contributed by atoms with Crippen molar-refractivity contribution < 1.29 is 24.6 Å². The van der Waals surface area contributed by atoms with Gasteiger partial charge >= 0.3 is 5.97 Å². The second-order valence-electron chi connectivity index (χ2n) is 8.10. The van der Waals surface area contributed by atoms with E-state index < -0.39 is 11.2 Å². The summed E-state index contributed by atoms with van der Waals surface area (Å²) < 4.78 is 0. The van der Waals surface area contributed by atoms with Gasteiger partial charge in [-0.15, -0.1) is 11.8 Å². The molecule has 30 heavy (non-hydrogen) atoms. The molecule has 0 fully saturated rings. The lowest BCUT2D eigenvalue weighted by Gasteiger charge is -2.17. The highest BCUT2D eigenvalue weighted by atomic mass is 32.2. The smallest absolute Gasteiger partial charge is 0.339 e. The van der Waals surface area contributed by atoms with Crippen molar-refractivity contribution in [3.63, 3.8) is 0 Å². The third-order valence-electron chi connectivity index (χ3n) is 3.99. The van der Waals surface area contributed by atoms with E-state index in [-0.39, 0.29) is 34.2 Å². The van der Waals surface area contributed by atoms with Crippen LogP contribution in [0.5, 0.6) is 5.75 Å². The summed E-state index contributed by atoms with van der Waals surface area (Å²) >= 11 is 1.31. The number of aromatic hydroxyl groups is 1. The molecule has 160 valence electrons. The van der Waals surface area contributed by atoms with Crippen LogP contribution in [-0.4, -0.2) is 33.2 Å². The molecule has 0 aliphatic heterocycles. The molecule has 0 aliphatic rings. The zero-order valence-corrected chi connectivity index (χ0v) is 18.2. The molecule has 8 heteroatoms. The predicted molar refractivity (Wildman–Crippen MR) is 118 cm³/mol. The first-order chi connectivity index (χ1) is 13.9. The van der Waals surface area contributed by atoms with Crippen LogP contribution in [0.15, 0.2) is 47.4 Å². The number of hydrogen-bond acceptors (Lipinski definition) is 5. The maximum absolute atomic E-state index is 12.5. The van der Waals surface area contributed by atoms with Gasteiger partial charge in [-0.25, -0.2) is 4.79 Å². The summed E-state index contributed by atoms with van der Waals surface area (Å²) in [7, 11) is 0. The van der Waals surface area contributed by atoms with Gasteiger partial charge in [0.2, 0.25) is 11.8 Å². The molecule has 2 aromatic carbocycles. The number of carbonyl (C=O) groups is 3. The lowest BCUT2D eigenvalue weighted by molar-refractivity contribution is -0.118. The Morgan fingerprint density at radius 3 is 2.33 bits per heavy atom. The largest absolute Gasteiger partial charge is 0.507 e. The number of benzene rings is 2. The Bertz CT molecular complexity index is 953. The van der Waals surface area contributed by atoms with E-state index in [4.69, 9.17) is 5.11 Å². The van der Waals surface area contributed by atoms with Crippen LogP contribution < -0.4 is 10.6 Å². The molecular formula is C22H26N2O5S. The molecule has 0 bridgehead atoms. The van der Waals surface area contributed by atoms with E-state index in [9.17, 15) is 19.5 Å². The van der Waals surface area contributed by atoms with Crippen LogP contribution in [0.3, 0.4) is 0 Å². The van der Waals surface area contributed by atoms with Crippen molar-refractivity contribution in [1.82, 2.24) is 0 Å². The normalized spacial score (nSPS) is 12.1. The van der Waals surface area contributed by atoms with Gasteiger partial charge in [-0.1, -0.05) is 26.8 Å². The van der Waals surface area contributed by atoms with Gasteiger partial charge in [0.25, 0.3) is 0 Å². The predicted octanol–water partition coefficient (Wildman–Crippen LogP) is 4.58. The van der Waals surface area contributed by atoms with E-state index in [0.29, 0.717) is 12.1 Å². The van der Waals surface area contributed by atoms with E-state index >= 15 is 0 Å². The Morgan fingerprint density at radius 1 is 1.03 bits per heavy atom. The quantitative estimate of drug-likeness (QED) is 0.377. The number of amides is 2. The summed E-state index contributed by atoms with van der Waals surface area (Å²) in [5.41, 5.74) is 0.543. The van der Waals surface area contributed by atoms with Crippen molar-refractivity contribution in [3.8, 4) is 5.75 Å². The van der Waals surface area contributed by atoms with Crippen molar-refractivity contribution >= 4 is 40.9 Å². The van der Waals surface area contributed by atoms with E-state index in [1.807, 2.05) is 26.8 Å². The molecule has 2 rings (SSSR count). The second kappa shape index (κ2) is 9.67. The van der Waals surface area contributed by atoms with E-state index in [0.717, 1.165) is 4.90 Å². The molecule has 0 radical (unpaired) electrons. The maximum atomic E-state index is 12.5. The van der Waals surface area contributed by atoms with Crippen molar-refractivity contribution in [3.05, 3.63) is 48.0 Å². The van der Waals surface area contributed by atoms with E-state index in [2.05, 4.69) is 10.6 Å². The fourth-order valence-corrected chi connectivity index (χ4v) is 3.55. The number of carbonyl (C=O) groups excluding carboxylic acids is 2. The molecule has 2 aromatic rings. The molecule has 0 aliphatic carbocycles. The summed E-state index contributed by atoms with van der Waals surface area (Å²) in [4.78, 5) is 36.5.